The minimum absolute atomic E-state index is 0.430. The molecule has 0 aliphatic heterocycles. The molecule has 0 aliphatic carbocycles. The molecule has 6 heavy (non-hydrogen) atoms. The zero-order chi connectivity index (χ0) is 4.99. The van der Waals surface area contributed by atoms with E-state index in [1.165, 1.54) is 0 Å². The lowest BCUT2D eigenvalue weighted by atomic mass is 11.6. The molecular weight excluding hydrogens is 234 g/mol. The maximum absolute atomic E-state index is 5.38. The van der Waals surface area contributed by atoms with Crippen molar-refractivity contribution in [1.29, 1.82) is 0 Å². The van der Waals surface area contributed by atoms with Gasteiger partial charge in [-0.05, 0) is 0 Å². The van der Waals surface area contributed by atoms with Gasteiger partial charge in [0.2, 0.25) is 0 Å². The minimum Gasteiger partial charge on any atom is -0.125 e. The minimum atomic E-state index is 0.430. The Kier molecular flexibility index (Phi) is 5.33. The Bertz CT molecular complexity index is 28.0. The highest BCUT2D eigenvalue weighted by molar-refractivity contribution is 9.12. The second-order valence-electron chi connectivity index (χ2n) is 0.906. The van der Waals surface area contributed by atoms with Crippen LogP contribution < -0.4 is 0 Å². The summed E-state index contributed by atoms with van der Waals surface area (Å²) in [6.45, 7) is 0. The summed E-state index contributed by atoms with van der Waals surface area (Å²) < 4.78 is 0. The van der Waals surface area contributed by atoms with Crippen molar-refractivity contribution in [3.63, 3.8) is 0 Å². The Morgan fingerprint density at radius 1 is 1.67 bits per heavy atom. The van der Waals surface area contributed by atoms with Gasteiger partial charge >= 0.3 is 0 Å². The molecule has 0 fully saturated rings. The smallest absolute Gasteiger partial charge is 0.0378 e. The highest BCUT2D eigenvalue weighted by atomic mass is 79.9. The first-order valence-corrected chi connectivity index (χ1v) is 4.14. The predicted molar refractivity (Wildman–Crippen MR) is 37.2 cm³/mol. The predicted octanol–water partition coefficient (Wildman–Crippen LogP) is 2.38. The summed E-state index contributed by atoms with van der Waals surface area (Å²) in [5.74, 6) is 0.672. The third-order valence-electron chi connectivity index (χ3n) is 0.335. The maximum atomic E-state index is 5.38. The van der Waals surface area contributed by atoms with Crippen LogP contribution in [0.15, 0.2) is 0 Å². The number of hydrogen-bond acceptors (Lipinski definition) is 0. The largest absolute Gasteiger partial charge is 0.125 e. The van der Waals surface area contributed by atoms with E-state index in [0.29, 0.717) is 10.7 Å². The lowest BCUT2D eigenvalue weighted by molar-refractivity contribution is 1.18. The third-order valence-corrected chi connectivity index (χ3v) is 3.38. The molecule has 1 unspecified atom stereocenters. The number of halogens is 3. The molecule has 0 N–H and O–H groups in total. The van der Waals surface area contributed by atoms with Crippen molar-refractivity contribution in [2.24, 2.45) is 0 Å². The molecule has 0 amide bonds. The molecule has 0 rings (SSSR count). The van der Waals surface area contributed by atoms with E-state index in [0.717, 1.165) is 5.33 Å². The second-order valence-corrected chi connectivity index (χ2v) is 3.16. The molecule has 0 aromatic carbocycles. The molecule has 0 aromatic rings. The van der Waals surface area contributed by atoms with Crippen LogP contribution in [0.2, 0.25) is 0 Å². The van der Waals surface area contributed by atoms with E-state index < -0.39 is 0 Å². The Morgan fingerprint density at radius 2 is 2.17 bits per heavy atom. The average molecular weight is 239 g/mol. The quantitative estimate of drug-likeness (QED) is 0.513. The van der Waals surface area contributed by atoms with E-state index in [4.69, 9.17) is 11.6 Å². The van der Waals surface area contributed by atoms with Gasteiger partial charge in [0.05, 0.1) is 0 Å². The van der Waals surface area contributed by atoms with Crippen LogP contribution in [-0.2, 0) is 0 Å². The zero-order valence-corrected chi connectivity index (χ0v) is 7.05. The molecule has 0 heterocycles. The summed E-state index contributed by atoms with van der Waals surface area (Å²) in [5, 5.41) is 0.927. The summed E-state index contributed by atoms with van der Waals surface area (Å²) >= 11 is 11.9. The van der Waals surface area contributed by atoms with Gasteiger partial charge in [-0.3, -0.25) is 0 Å². The molecule has 0 nitrogen and oxygen atoms in total. The molecule has 0 aromatic heterocycles. The summed E-state index contributed by atoms with van der Waals surface area (Å²) in [6, 6.07) is 0. The lowest BCUT2D eigenvalue weighted by Crippen LogP contribution is -1.98. The fraction of sp³-hybridized carbons (Fsp3) is 1.00. The number of hydrogen-bond donors (Lipinski definition) is 0. The van der Waals surface area contributed by atoms with Gasteiger partial charge in [0.1, 0.15) is 0 Å². The normalized spacial score (nSPS) is 14.5. The molecule has 0 bridgehead atoms. The first kappa shape index (κ1) is 7.25. The van der Waals surface area contributed by atoms with E-state index in [1.54, 1.807) is 0 Å². The van der Waals surface area contributed by atoms with E-state index >= 15 is 0 Å². The lowest BCUT2D eigenvalue weighted by Gasteiger charge is -1.93. The van der Waals surface area contributed by atoms with E-state index in [1.807, 2.05) is 0 Å². The Morgan fingerprint density at radius 3 is 2.17 bits per heavy atom. The van der Waals surface area contributed by atoms with Gasteiger partial charge in [0.25, 0.3) is 0 Å². The fourth-order valence-electron chi connectivity index (χ4n) is 0.0412. The van der Waals surface area contributed by atoms with Gasteiger partial charge in [-0.15, -0.1) is 11.6 Å². The zero-order valence-electron chi connectivity index (χ0n) is 3.13. The maximum Gasteiger partial charge on any atom is 0.0378 e. The van der Waals surface area contributed by atoms with Gasteiger partial charge in [-0.2, -0.15) is 0 Å². The van der Waals surface area contributed by atoms with Crippen molar-refractivity contribution in [2.45, 2.75) is 4.83 Å². The third kappa shape index (κ3) is 3.44. The van der Waals surface area contributed by atoms with Gasteiger partial charge in [0, 0.05) is 16.0 Å². The first-order valence-electron chi connectivity index (χ1n) is 1.57. The van der Waals surface area contributed by atoms with Gasteiger partial charge in [-0.25, -0.2) is 0 Å². The van der Waals surface area contributed by atoms with Gasteiger partial charge < -0.3 is 0 Å². The summed E-state index contributed by atoms with van der Waals surface area (Å²) in [4.78, 5) is 0.430. The van der Waals surface area contributed by atoms with Crippen LogP contribution in [0, 0.1) is 0 Å². The van der Waals surface area contributed by atoms with Crippen LogP contribution in [0.3, 0.4) is 0 Å². The monoisotopic (exact) mass is 237 g/mol. The molecule has 0 spiro atoms. The summed E-state index contributed by atoms with van der Waals surface area (Å²) in [5.41, 5.74) is 0. The average Bonchev–Trinajstić information content (AvgIpc) is 1.65. The molecule has 38 valence electrons. The van der Waals surface area contributed by atoms with Crippen molar-refractivity contribution in [3.05, 3.63) is 0 Å². The van der Waals surface area contributed by atoms with E-state index in [2.05, 4.69) is 31.9 Å². The van der Waals surface area contributed by atoms with Crippen molar-refractivity contribution in [3.8, 4) is 0 Å². The number of alkyl halides is 3. The molecule has 3 heteroatoms. The van der Waals surface area contributed by atoms with Crippen LogP contribution in [0.1, 0.15) is 0 Å². The SMILES string of the molecule is Cl[13CH2][13CH](Br)[13CH2]Br. The van der Waals surface area contributed by atoms with Crippen molar-refractivity contribution in [2.75, 3.05) is 11.2 Å². The molecular formula is C3H5Br2Cl. The highest BCUT2D eigenvalue weighted by Gasteiger charge is 1.94. The number of rotatable bonds is 2. The second kappa shape index (κ2) is 4.41. The molecule has 0 saturated carbocycles. The first-order chi connectivity index (χ1) is 2.81. The molecule has 0 aliphatic rings. The Balaban J connectivity index is 2.75. The van der Waals surface area contributed by atoms with Crippen LogP contribution in [0.5, 0.6) is 0 Å². The van der Waals surface area contributed by atoms with Gasteiger partial charge in [0.15, 0.2) is 0 Å². The van der Waals surface area contributed by atoms with Crippen LogP contribution in [0.25, 0.3) is 0 Å². The molecule has 1 atom stereocenters. The van der Waals surface area contributed by atoms with Crippen molar-refractivity contribution >= 4 is 43.5 Å². The highest BCUT2D eigenvalue weighted by Crippen LogP contribution is 2.03. The van der Waals surface area contributed by atoms with E-state index in [9.17, 15) is 0 Å². The topological polar surface area (TPSA) is 0 Å². The molecule has 0 saturated heterocycles. The van der Waals surface area contributed by atoms with Crippen molar-refractivity contribution < 1.29 is 0 Å². The van der Waals surface area contributed by atoms with Crippen LogP contribution >= 0.6 is 43.5 Å². The Labute approximate surface area is 59.5 Å². The molecule has 0 radical (unpaired) electrons. The fourth-order valence-corrected chi connectivity index (χ4v) is 0.643. The van der Waals surface area contributed by atoms with E-state index in [-0.39, 0.29) is 0 Å². The van der Waals surface area contributed by atoms with Crippen LogP contribution in [0.4, 0.5) is 0 Å². The summed E-state index contributed by atoms with van der Waals surface area (Å²) in [6.07, 6.45) is 0. The standard InChI is InChI=1S/C3H5Br2Cl/c4-1-3(5)2-6/h3H,1-2H2/i1+1,2+1,3+1. The van der Waals surface area contributed by atoms with Crippen LogP contribution in [-0.4, -0.2) is 16.0 Å². The van der Waals surface area contributed by atoms with Gasteiger partial charge in [-0.1, -0.05) is 31.9 Å². The summed E-state index contributed by atoms with van der Waals surface area (Å²) in [7, 11) is 0. The Hall–Kier alpha value is 1.25. The van der Waals surface area contributed by atoms with Crippen molar-refractivity contribution in [1.82, 2.24) is 0 Å².